The highest BCUT2D eigenvalue weighted by Crippen LogP contribution is 2.27. The topological polar surface area (TPSA) is 61.9 Å². The van der Waals surface area contributed by atoms with Crippen LogP contribution in [-0.4, -0.2) is 22.2 Å². The molecule has 126 valence electrons. The Bertz CT molecular complexity index is 746. The Morgan fingerprint density at radius 1 is 1.25 bits per heavy atom. The molecule has 24 heavy (non-hydrogen) atoms. The number of halogens is 4. The summed E-state index contributed by atoms with van der Waals surface area (Å²) in [6.45, 7) is -0.396. The van der Waals surface area contributed by atoms with Crippen molar-refractivity contribution in [2.45, 2.75) is 19.1 Å². The predicted octanol–water partition coefficient (Wildman–Crippen LogP) is 2.99. The standard InChI is InChI=1S/C15H12F4N4O/c16-11-2-4-12(5-3-11)23(8-1-7-20)14(24)10-22-9-6-13(21-22)15(17,18)19/h2-6,9H,1,8,10H2. The molecule has 0 fully saturated rings. The van der Waals surface area contributed by atoms with Crippen LogP contribution >= 0.6 is 0 Å². The number of nitriles is 1. The summed E-state index contributed by atoms with van der Waals surface area (Å²) in [5.74, 6) is -1.05. The molecular formula is C15H12F4N4O. The Labute approximate surface area is 134 Å². The second-order valence-corrected chi connectivity index (χ2v) is 4.83. The molecule has 0 unspecified atom stereocenters. The summed E-state index contributed by atoms with van der Waals surface area (Å²) in [5, 5.41) is 12.0. The van der Waals surface area contributed by atoms with E-state index in [1.807, 2.05) is 6.07 Å². The molecule has 1 heterocycles. The van der Waals surface area contributed by atoms with E-state index in [1.54, 1.807) is 0 Å². The summed E-state index contributed by atoms with van der Waals surface area (Å²) in [5.41, 5.74) is -0.750. The number of carbonyl (C=O) groups is 1. The van der Waals surface area contributed by atoms with Crippen molar-refractivity contribution in [1.29, 1.82) is 5.26 Å². The Kier molecular flexibility index (Phi) is 5.18. The van der Waals surface area contributed by atoms with Crippen molar-refractivity contribution in [1.82, 2.24) is 9.78 Å². The van der Waals surface area contributed by atoms with Crippen LogP contribution in [0.2, 0.25) is 0 Å². The molecule has 0 atom stereocenters. The maximum Gasteiger partial charge on any atom is 0.435 e. The minimum absolute atomic E-state index is 0.0238. The lowest BCUT2D eigenvalue weighted by molar-refractivity contribution is -0.141. The molecule has 0 radical (unpaired) electrons. The smallest absolute Gasteiger partial charge is 0.310 e. The molecule has 2 aromatic rings. The van der Waals surface area contributed by atoms with Gasteiger partial charge in [0.05, 0.1) is 12.5 Å². The average Bonchev–Trinajstić information content (AvgIpc) is 2.98. The molecule has 1 amide bonds. The van der Waals surface area contributed by atoms with Crippen LogP contribution in [0.15, 0.2) is 36.5 Å². The third-order valence-corrected chi connectivity index (χ3v) is 3.11. The van der Waals surface area contributed by atoms with Crippen LogP contribution in [0, 0.1) is 17.1 Å². The molecule has 1 aromatic carbocycles. The minimum Gasteiger partial charge on any atom is -0.310 e. The van der Waals surface area contributed by atoms with Crippen molar-refractivity contribution in [3.05, 3.63) is 48.0 Å². The Balaban J connectivity index is 2.17. The highest BCUT2D eigenvalue weighted by molar-refractivity contribution is 5.93. The molecule has 5 nitrogen and oxygen atoms in total. The van der Waals surface area contributed by atoms with Gasteiger partial charge in [-0.25, -0.2) is 4.39 Å². The van der Waals surface area contributed by atoms with E-state index in [9.17, 15) is 22.4 Å². The van der Waals surface area contributed by atoms with Crippen LogP contribution in [0.1, 0.15) is 12.1 Å². The van der Waals surface area contributed by atoms with Crippen molar-refractivity contribution < 1.29 is 22.4 Å². The number of hydrogen-bond acceptors (Lipinski definition) is 3. The number of amides is 1. The number of alkyl halides is 3. The second kappa shape index (κ2) is 7.12. The summed E-state index contributed by atoms with van der Waals surface area (Å²) in [4.78, 5) is 13.5. The molecule has 0 spiro atoms. The van der Waals surface area contributed by atoms with Crippen LogP contribution in [0.25, 0.3) is 0 Å². The van der Waals surface area contributed by atoms with Gasteiger partial charge >= 0.3 is 6.18 Å². The van der Waals surface area contributed by atoms with Gasteiger partial charge in [-0.3, -0.25) is 9.48 Å². The first-order valence-electron chi connectivity index (χ1n) is 6.85. The van der Waals surface area contributed by atoms with Gasteiger partial charge in [0.15, 0.2) is 5.69 Å². The zero-order valence-electron chi connectivity index (χ0n) is 12.3. The largest absolute Gasteiger partial charge is 0.435 e. The van der Waals surface area contributed by atoms with Gasteiger partial charge < -0.3 is 4.90 Å². The maximum atomic E-state index is 13.0. The fraction of sp³-hybridized carbons (Fsp3) is 0.267. The molecule has 0 aliphatic heterocycles. The maximum absolute atomic E-state index is 13.0. The fourth-order valence-electron chi connectivity index (χ4n) is 2.01. The molecule has 0 N–H and O–H groups in total. The number of hydrogen-bond donors (Lipinski definition) is 0. The molecule has 0 bridgehead atoms. The highest BCUT2D eigenvalue weighted by atomic mass is 19.4. The van der Waals surface area contributed by atoms with E-state index in [-0.39, 0.29) is 13.0 Å². The first-order valence-corrected chi connectivity index (χ1v) is 6.85. The lowest BCUT2D eigenvalue weighted by Gasteiger charge is -2.21. The lowest BCUT2D eigenvalue weighted by Crippen LogP contribution is -2.34. The average molecular weight is 340 g/mol. The Morgan fingerprint density at radius 2 is 1.92 bits per heavy atom. The summed E-state index contributed by atoms with van der Waals surface area (Å²) < 4.78 is 51.4. The molecule has 1 aromatic heterocycles. The normalized spacial score (nSPS) is 11.1. The number of aromatic nitrogens is 2. The van der Waals surface area contributed by atoms with Gasteiger partial charge in [0, 0.05) is 18.4 Å². The zero-order chi connectivity index (χ0) is 17.7. The quantitative estimate of drug-likeness (QED) is 0.786. The first kappa shape index (κ1) is 17.5. The third kappa shape index (κ3) is 4.32. The number of rotatable bonds is 5. The van der Waals surface area contributed by atoms with Crippen LogP contribution in [0.3, 0.4) is 0 Å². The summed E-state index contributed by atoms with van der Waals surface area (Å²) in [7, 11) is 0. The Hall–Kier alpha value is -2.89. The fourth-order valence-corrected chi connectivity index (χ4v) is 2.01. The van der Waals surface area contributed by atoms with Crippen molar-refractivity contribution in [3.63, 3.8) is 0 Å². The van der Waals surface area contributed by atoms with Gasteiger partial charge in [0.2, 0.25) is 5.91 Å². The van der Waals surface area contributed by atoms with Gasteiger partial charge in [-0.15, -0.1) is 0 Å². The number of anilines is 1. The summed E-state index contributed by atoms with van der Waals surface area (Å²) in [6, 6.07) is 7.66. The van der Waals surface area contributed by atoms with Crippen molar-refractivity contribution in [2.75, 3.05) is 11.4 Å². The van der Waals surface area contributed by atoms with Gasteiger partial charge in [-0.05, 0) is 30.3 Å². The molecule has 0 aliphatic rings. The molecule has 0 saturated heterocycles. The predicted molar refractivity (Wildman–Crippen MR) is 76.2 cm³/mol. The van der Waals surface area contributed by atoms with Crippen molar-refractivity contribution in [3.8, 4) is 6.07 Å². The van der Waals surface area contributed by atoms with Gasteiger partial charge in [-0.1, -0.05) is 0 Å². The van der Waals surface area contributed by atoms with E-state index >= 15 is 0 Å². The van der Waals surface area contributed by atoms with Crippen LogP contribution in [0.4, 0.5) is 23.2 Å². The SMILES string of the molecule is N#CCCN(C(=O)Cn1ccc(C(F)(F)F)n1)c1ccc(F)cc1. The highest BCUT2D eigenvalue weighted by Gasteiger charge is 2.33. The third-order valence-electron chi connectivity index (χ3n) is 3.11. The van der Waals surface area contributed by atoms with E-state index in [0.29, 0.717) is 5.69 Å². The minimum atomic E-state index is -4.59. The first-order chi connectivity index (χ1) is 11.3. The van der Waals surface area contributed by atoms with Crippen molar-refractivity contribution >= 4 is 11.6 Å². The molecule has 0 aliphatic carbocycles. The molecule has 9 heteroatoms. The second-order valence-electron chi connectivity index (χ2n) is 4.83. The van der Waals surface area contributed by atoms with Gasteiger partial charge in [-0.2, -0.15) is 23.5 Å². The molecule has 0 saturated carbocycles. The van der Waals surface area contributed by atoms with Crippen molar-refractivity contribution in [2.24, 2.45) is 0 Å². The Morgan fingerprint density at radius 3 is 2.46 bits per heavy atom. The van der Waals surface area contributed by atoms with E-state index < -0.39 is 30.1 Å². The van der Waals surface area contributed by atoms with Gasteiger partial charge in [0.25, 0.3) is 0 Å². The van der Waals surface area contributed by atoms with E-state index in [4.69, 9.17) is 5.26 Å². The van der Waals surface area contributed by atoms with Gasteiger partial charge in [0.1, 0.15) is 12.4 Å². The molecule has 2 rings (SSSR count). The zero-order valence-corrected chi connectivity index (χ0v) is 12.3. The number of benzene rings is 1. The van der Waals surface area contributed by atoms with E-state index in [0.717, 1.165) is 29.1 Å². The number of nitrogens with zero attached hydrogens (tertiary/aromatic N) is 4. The summed E-state index contributed by atoms with van der Waals surface area (Å²) >= 11 is 0. The molecular weight excluding hydrogens is 328 g/mol. The lowest BCUT2D eigenvalue weighted by atomic mass is 10.2. The van der Waals surface area contributed by atoms with Crippen LogP contribution in [-0.2, 0) is 17.5 Å². The summed E-state index contributed by atoms with van der Waals surface area (Å²) in [6.07, 6.45) is -3.52. The van der Waals surface area contributed by atoms with E-state index in [1.165, 1.54) is 17.0 Å². The van der Waals surface area contributed by atoms with E-state index in [2.05, 4.69) is 5.10 Å². The van der Waals surface area contributed by atoms with Crippen LogP contribution < -0.4 is 4.90 Å². The number of carbonyl (C=O) groups excluding carboxylic acids is 1. The monoisotopic (exact) mass is 340 g/mol. The van der Waals surface area contributed by atoms with Crippen LogP contribution in [0.5, 0.6) is 0 Å².